The van der Waals surface area contributed by atoms with E-state index >= 15 is 0 Å². The molecule has 0 saturated carbocycles. The summed E-state index contributed by atoms with van der Waals surface area (Å²) in [5, 5.41) is 8.41. The number of amides is 1. The standard InChI is InChI=1S/C21H29N5O2/c1-17-6-5-7-18(14-17)21-23-22-19(28-21)15-24-10-12-25(13-11-24)16-20(27)26-8-3-2-4-9-26/h5-7,14H,2-4,8-13,15-16H2,1H3. The zero-order chi connectivity index (χ0) is 19.3. The van der Waals surface area contributed by atoms with Gasteiger partial charge in [0.25, 0.3) is 0 Å². The van der Waals surface area contributed by atoms with Crippen molar-refractivity contribution in [2.45, 2.75) is 32.7 Å². The van der Waals surface area contributed by atoms with Crippen LogP contribution in [0, 0.1) is 6.92 Å². The fraction of sp³-hybridized carbons (Fsp3) is 0.571. The molecule has 2 fully saturated rings. The number of hydrogen-bond acceptors (Lipinski definition) is 6. The zero-order valence-corrected chi connectivity index (χ0v) is 16.6. The Balaban J connectivity index is 1.25. The van der Waals surface area contributed by atoms with E-state index in [4.69, 9.17) is 4.42 Å². The number of piperidine rings is 1. The second-order valence-corrected chi connectivity index (χ2v) is 7.86. The van der Waals surface area contributed by atoms with Crippen LogP contribution in [0.5, 0.6) is 0 Å². The van der Waals surface area contributed by atoms with Crippen molar-refractivity contribution in [1.29, 1.82) is 0 Å². The molecule has 2 saturated heterocycles. The first-order valence-corrected chi connectivity index (χ1v) is 10.3. The Labute approximate surface area is 166 Å². The number of hydrogen-bond donors (Lipinski definition) is 0. The van der Waals surface area contributed by atoms with E-state index in [0.29, 0.717) is 24.9 Å². The minimum Gasteiger partial charge on any atom is -0.419 e. The van der Waals surface area contributed by atoms with E-state index in [0.717, 1.165) is 57.7 Å². The molecular formula is C21H29N5O2. The minimum atomic E-state index is 0.285. The number of rotatable bonds is 5. The van der Waals surface area contributed by atoms with E-state index in [9.17, 15) is 4.79 Å². The van der Waals surface area contributed by atoms with Crippen molar-refractivity contribution in [2.24, 2.45) is 0 Å². The molecule has 2 aliphatic heterocycles. The molecule has 2 aromatic rings. The topological polar surface area (TPSA) is 65.7 Å². The average molecular weight is 383 g/mol. The number of likely N-dealkylation sites (tertiary alicyclic amines) is 1. The molecule has 28 heavy (non-hydrogen) atoms. The number of benzene rings is 1. The summed E-state index contributed by atoms with van der Waals surface area (Å²) < 4.78 is 5.86. The lowest BCUT2D eigenvalue weighted by Gasteiger charge is -2.35. The molecule has 7 nitrogen and oxygen atoms in total. The lowest BCUT2D eigenvalue weighted by Crippen LogP contribution is -2.50. The molecule has 0 bridgehead atoms. The Bertz CT molecular complexity index is 792. The Kier molecular flexibility index (Phi) is 6.02. The quantitative estimate of drug-likeness (QED) is 0.788. The first kappa shape index (κ1) is 19.1. The van der Waals surface area contributed by atoms with E-state index in [2.05, 4.69) is 39.1 Å². The van der Waals surface area contributed by atoms with Crippen LogP contribution in [-0.4, -0.2) is 76.6 Å². The summed E-state index contributed by atoms with van der Waals surface area (Å²) in [4.78, 5) is 19.0. The van der Waals surface area contributed by atoms with Gasteiger partial charge in [0.15, 0.2) is 0 Å². The van der Waals surface area contributed by atoms with Gasteiger partial charge in [-0.1, -0.05) is 17.7 Å². The molecule has 0 unspecified atom stereocenters. The lowest BCUT2D eigenvalue weighted by atomic mass is 10.1. The highest BCUT2D eigenvalue weighted by atomic mass is 16.4. The van der Waals surface area contributed by atoms with Crippen LogP contribution in [0.15, 0.2) is 28.7 Å². The molecule has 7 heteroatoms. The van der Waals surface area contributed by atoms with Gasteiger partial charge in [0, 0.05) is 44.8 Å². The van der Waals surface area contributed by atoms with E-state index in [-0.39, 0.29) is 5.91 Å². The molecule has 1 aromatic carbocycles. The summed E-state index contributed by atoms with van der Waals surface area (Å²) in [7, 11) is 0. The molecule has 1 aromatic heterocycles. The van der Waals surface area contributed by atoms with Crippen molar-refractivity contribution >= 4 is 5.91 Å². The van der Waals surface area contributed by atoms with Crippen molar-refractivity contribution in [2.75, 3.05) is 45.8 Å². The van der Waals surface area contributed by atoms with Crippen LogP contribution >= 0.6 is 0 Å². The van der Waals surface area contributed by atoms with Gasteiger partial charge in [-0.05, 0) is 38.3 Å². The van der Waals surface area contributed by atoms with Gasteiger partial charge >= 0.3 is 0 Å². The fourth-order valence-electron chi connectivity index (χ4n) is 3.94. The van der Waals surface area contributed by atoms with Gasteiger partial charge < -0.3 is 9.32 Å². The Morgan fingerprint density at radius 3 is 2.50 bits per heavy atom. The van der Waals surface area contributed by atoms with Crippen LogP contribution < -0.4 is 0 Å². The fourth-order valence-corrected chi connectivity index (χ4v) is 3.94. The lowest BCUT2D eigenvalue weighted by molar-refractivity contribution is -0.133. The van der Waals surface area contributed by atoms with Crippen molar-refractivity contribution in [3.05, 3.63) is 35.7 Å². The van der Waals surface area contributed by atoms with Gasteiger partial charge in [-0.25, -0.2) is 0 Å². The van der Waals surface area contributed by atoms with Crippen LogP contribution in [0.4, 0.5) is 0 Å². The van der Waals surface area contributed by atoms with Gasteiger partial charge in [-0.3, -0.25) is 14.6 Å². The molecule has 1 amide bonds. The highest BCUT2D eigenvalue weighted by Gasteiger charge is 2.23. The van der Waals surface area contributed by atoms with Crippen LogP contribution in [0.25, 0.3) is 11.5 Å². The van der Waals surface area contributed by atoms with Crippen molar-refractivity contribution < 1.29 is 9.21 Å². The second kappa shape index (κ2) is 8.84. The van der Waals surface area contributed by atoms with E-state index in [1.165, 1.54) is 12.0 Å². The van der Waals surface area contributed by atoms with Gasteiger partial charge in [-0.2, -0.15) is 0 Å². The zero-order valence-electron chi connectivity index (χ0n) is 16.6. The minimum absolute atomic E-state index is 0.285. The summed E-state index contributed by atoms with van der Waals surface area (Å²) in [5.74, 6) is 1.51. The highest BCUT2D eigenvalue weighted by Crippen LogP contribution is 2.19. The molecule has 0 N–H and O–H groups in total. The third kappa shape index (κ3) is 4.77. The molecule has 0 aliphatic carbocycles. The van der Waals surface area contributed by atoms with Gasteiger partial charge in [0.1, 0.15) is 0 Å². The van der Waals surface area contributed by atoms with Crippen LogP contribution in [0.3, 0.4) is 0 Å². The number of carbonyl (C=O) groups is 1. The number of carbonyl (C=O) groups excluding carboxylic acids is 1. The van der Waals surface area contributed by atoms with Gasteiger partial charge in [-0.15, -0.1) is 10.2 Å². The predicted octanol–water partition coefficient (Wildman–Crippen LogP) is 2.18. The predicted molar refractivity (Wildman–Crippen MR) is 107 cm³/mol. The van der Waals surface area contributed by atoms with E-state index in [1.54, 1.807) is 0 Å². The van der Waals surface area contributed by atoms with Crippen LogP contribution in [-0.2, 0) is 11.3 Å². The van der Waals surface area contributed by atoms with Crippen LogP contribution in [0.2, 0.25) is 0 Å². The smallest absolute Gasteiger partial charge is 0.247 e. The first-order valence-electron chi connectivity index (χ1n) is 10.3. The van der Waals surface area contributed by atoms with Gasteiger partial charge in [0.2, 0.25) is 17.7 Å². The van der Waals surface area contributed by atoms with Crippen molar-refractivity contribution in [1.82, 2.24) is 24.9 Å². The van der Waals surface area contributed by atoms with Crippen LogP contribution in [0.1, 0.15) is 30.7 Å². The molecule has 2 aliphatic rings. The first-order chi connectivity index (χ1) is 13.7. The van der Waals surface area contributed by atoms with Crippen molar-refractivity contribution in [3.63, 3.8) is 0 Å². The third-order valence-corrected chi connectivity index (χ3v) is 5.62. The summed E-state index contributed by atoms with van der Waals surface area (Å²) in [6, 6.07) is 8.09. The summed E-state index contributed by atoms with van der Waals surface area (Å²) in [6.07, 6.45) is 3.55. The molecule has 3 heterocycles. The monoisotopic (exact) mass is 383 g/mol. The second-order valence-electron chi connectivity index (χ2n) is 7.86. The number of nitrogens with zero attached hydrogens (tertiary/aromatic N) is 5. The molecule has 4 rings (SSSR count). The maximum absolute atomic E-state index is 12.4. The molecular weight excluding hydrogens is 354 g/mol. The van der Waals surface area contributed by atoms with Gasteiger partial charge in [0.05, 0.1) is 13.1 Å². The summed E-state index contributed by atoms with van der Waals surface area (Å²) in [6.45, 7) is 8.75. The Morgan fingerprint density at radius 2 is 1.75 bits per heavy atom. The average Bonchev–Trinajstić information content (AvgIpc) is 3.19. The third-order valence-electron chi connectivity index (χ3n) is 5.62. The number of aryl methyl sites for hydroxylation is 1. The largest absolute Gasteiger partial charge is 0.419 e. The SMILES string of the molecule is Cc1cccc(-c2nnc(CN3CCN(CC(=O)N4CCCCC4)CC3)o2)c1. The summed E-state index contributed by atoms with van der Waals surface area (Å²) >= 11 is 0. The maximum atomic E-state index is 12.4. The highest BCUT2D eigenvalue weighted by molar-refractivity contribution is 5.78. The van der Waals surface area contributed by atoms with E-state index in [1.807, 2.05) is 17.0 Å². The van der Waals surface area contributed by atoms with Crippen molar-refractivity contribution in [3.8, 4) is 11.5 Å². The normalized spacial score (nSPS) is 19.1. The number of aromatic nitrogens is 2. The van der Waals surface area contributed by atoms with E-state index < -0.39 is 0 Å². The maximum Gasteiger partial charge on any atom is 0.247 e. The molecule has 0 atom stereocenters. The number of piperazine rings is 1. The molecule has 0 spiro atoms. The Hall–Kier alpha value is -2.25. The summed E-state index contributed by atoms with van der Waals surface area (Å²) in [5.41, 5.74) is 2.13. The molecule has 150 valence electrons. The Morgan fingerprint density at radius 1 is 1.00 bits per heavy atom. The molecule has 0 radical (unpaired) electrons.